The Hall–Kier alpha value is -1.97. The Kier molecular flexibility index (Phi) is 6.13. The van der Waals surface area contributed by atoms with Crippen molar-refractivity contribution < 1.29 is 13.2 Å². The molecule has 1 aromatic carbocycles. The maximum atomic E-state index is 12.6. The standard InChI is InChI=1S/C18H24N4O3S2/c1-14-19-16(12-26-14)11-21-7-9-22(10-8-21)18(23)20-17-6-4-3-5-15(17)13-27(2,24)25/h3-6,12H,7-11,13H2,1-2H3,(H,20,23). The molecule has 1 N–H and O–H groups in total. The Labute approximate surface area is 163 Å². The van der Waals surface area contributed by atoms with E-state index in [1.807, 2.05) is 6.92 Å². The molecule has 0 bridgehead atoms. The van der Waals surface area contributed by atoms with Crippen LogP contribution in [0.1, 0.15) is 16.3 Å². The molecule has 0 spiro atoms. The van der Waals surface area contributed by atoms with Gasteiger partial charge in [0.15, 0.2) is 9.84 Å². The van der Waals surface area contributed by atoms with E-state index < -0.39 is 9.84 Å². The molecule has 1 aliphatic rings. The third-order valence-electron chi connectivity index (χ3n) is 4.39. The summed E-state index contributed by atoms with van der Waals surface area (Å²) in [7, 11) is -3.17. The summed E-state index contributed by atoms with van der Waals surface area (Å²) in [6.45, 7) is 5.63. The van der Waals surface area contributed by atoms with Gasteiger partial charge in [-0.3, -0.25) is 4.90 Å². The summed E-state index contributed by atoms with van der Waals surface area (Å²) in [6, 6.07) is 6.83. The second-order valence-corrected chi connectivity index (χ2v) is 9.98. The van der Waals surface area contributed by atoms with Crippen LogP contribution < -0.4 is 5.32 Å². The third kappa shape index (κ3) is 5.75. The highest BCUT2D eigenvalue weighted by Crippen LogP contribution is 2.19. The van der Waals surface area contributed by atoms with Crippen molar-refractivity contribution in [1.82, 2.24) is 14.8 Å². The van der Waals surface area contributed by atoms with Crippen LogP contribution in [-0.4, -0.2) is 61.7 Å². The van der Waals surface area contributed by atoms with Crippen LogP contribution in [0.2, 0.25) is 0 Å². The van der Waals surface area contributed by atoms with E-state index in [4.69, 9.17) is 0 Å². The van der Waals surface area contributed by atoms with Gasteiger partial charge in [-0.15, -0.1) is 11.3 Å². The molecule has 7 nitrogen and oxygen atoms in total. The second kappa shape index (κ2) is 8.37. The number of carbonyl (C=O) groups excluding carboxylic acids is 1. The van der Waals surface area contributed by atoms with Crippen molar-refractivity contribution in [3.8, 4) is 0 Å². The van der Waals surface area contributed by atoms with Gasteiger partial charge in [0.2, 0.25) is 0 Å². The van der Waals surface area contributed by atoms with E-state index in [2.05, 4.69) is 20.6 Å². The number of nitrogens with zero attached hydrogens (tertiary/aromatic N) is 3. The van der Waals surface area contributed by atoms with Crippen molar-refractivity contribution in [2.24, 2.45) is 0 Å². The monoisotopic (exact) mass is 408 g/mol. The van der Waals surface area contributed by atoms with E-state index in [0.717, 1.165) is 30.3 Å². The van der Waals surface area contributed by atoms with Crippen LogP contribution in [0.25, 0.3) is 0 Å². The molecule has 3 rings (SSSR count). The average molecular weight is 409 g/mol. The molecular formula is C18H24N4O3S2. The lowest BCUT2D eigenvalue weighted by atomic mass is 10.2. The number of carbonyl (C=O) groups is 1. The number of rotatable bonds is 5. The molecule has 0 unspecified atom stereocenters. The van der Waals surface area contributed by atoms with E-state index in [-0.39, 0.29) is 11.8 Å². The van der Waals surface area contributed by atoms with Crippen LogP contribution >= 0.6 is 11.3 Å². The molecule has 0 radical (unpaired) electrons. The maximum absolute atomic E-state index is 12.6. The predicted molar refractivity (Wildman–Crippen MR) is 108 cm³/mol. The van der Waals surface area contributed by atoms with Gasteiger partial charge in [-0.05, 0) is 18.6 Å². The van der Waals surface area contributed by atoms with E-state index in [9.17, 15) is 13.2 Å². The van der Waals surface area contributed by atoms with Crippen molar-refractivity contribution in [3.63, 3.8) is 0 Å². The molecule has 1 aromatic heterocycles. The first-order chi connectivity index (χ1) is 12.8. The molecule has 27 heavy (non-hydrogen) atoms. The lowest BCUT2D eigenvalue weighted by Gasteiger charge is -2.34. The quantitative estimate of drug-likeness (QED) is 0.821. The van der Waals surface area contributed by atoms with Crippen LogP contribution in [0.15, 0.2) is 29.6 Å². The number of benzene rings is 1. The number of amides is 2. The van der Waals surface area contributed by atoms with Gasteiger partial charge in [-0.2, -0.15) is 0 Å². The number of piperazine rings is 1. The Morgan fingerprint density at radius 3 is 2.56 bits per heavy atom. The largest absolute Gasteiger partial charge is 0.322 e. The lowest BCUT2D eigenvalue weighted by Crippen LogP contribution is -2.49. The van der Waals surface area contributed by atoms with Gasteiger partial charge in [0.1, 0.15) is 0 Å². The number of aryl methyl sites for hydroxylation is 1. The first-order valence-electron chi connectivity index (χ1n) is 8.75. The van der Waals surface area contributed by atoms with Crippen molar-refractivity contribution >= 4 is 32.9 Å². The summed E-state index contributed by atoms with van der Waals surface area (Å²) in [5.74, 6) is -0.0930. The molecule has 1 fully saturated rings. The molecule has 0 atom stereocenters. The number of anilines is 1. The van der Waals surface area contributed by atoms with Crippen LogP contribution in [0, 0.1) is 6.92 Å². The minimum Gasteiger partial charge on any atom is -0.322 e. The van der Waals surface area contributed by atoms with Gasteiger partial charge in [-0.25, -0.2) is 18.2 Å². The Morgan fingerprint density at radius 1 is 1.22 bits per heavy atom. The number of urea groups is 1. The zero-order chi connectivity index (χ0) is 19.4. The van der Waals surface area contributed by atoms with Crippen molar-refractivity contribution in [3.05, 3.63) is 45.9 Å². The Balaban J connectivity index is 1.56. The maximum Gasteiger partial charge on any atom is 0.321 e. The van der Waals surface area contributed by atoms with Crippen molar-refractivity contribution in [2.75, 3.05) is 37.8 Å². The molecular weight excluding hydrogens is 384 g/mol. The van der Waals surface area contributed by atoms with Gasteiger partial charge in [-0.1, -0.05) is 18.2 Å². The molecule has 146 valence electrons. The van der Waals surface area contributed by atoms with E-state index >= 15 is 0 Å². The van der Waals surface area contributed by atoms with Gasteiger partial charge >= 0.3 is 6.03 Å². The van der Waals surface area contributed by atoms with Gasteiger partial charge in [0.05, 0.1) is 16.5 Å². The summed E-state index contributed by atoms with van der Waals surface area (Å²) in [4.78, 5) is 21.1. The average Bonchev–Trinajstić information content (AvgIpc) is 3.01. The van der Waals surface area contributed by atoms with Gasteiger partial charge < -0.3 is 10.2 Å². The number of para-hydroxylation sites is 1. The Bertz CT molecular complexity index is 903. The fourth-order valence-corrected chi connectivity index (χ4v) is 4.48. The van der Waals surface area contributed by atoms with Gasteiger partial charge in [0.25, 0.3) is 0 Å². The molecule has 2 heterocycles. The molecule has 2 amide bonds. The summed E-state index contributed by atoms with van der Waals surface area (Å²) >= 11 is 1.65. The topological polar surface area (TPSA) is 82.6 Å². The predicted octanol–water partition coefficient (Wildman–Crippen LogP) is 2.35. The number of thiazole rings is 1. The van der Waals surface area contributed by atoms with Crippen LogP contribution in [0.5, 0.6) is 0 Å². The summed E-state index contributed by atoms with van der Waals surface area (Å²) in [6.07, 6.45) is 1.19. The first-order valence-corrected chi connectivity index (χ1v) is 11.7. The fourth-order valence-electron chi connectivity index (χ4n) is 3.06. The Morgan fingerprint density at radius 2 is 1.93 bits per heavy atom. The molecule has 0 saturated carbocycles. The lowest BCUT2D eigenvalue weighted by molar-refractivity contribution is 0.142. The van der Waals surface area contributed by atoms with Crippen molar-refractivity contribution in [1.29, 1.82) is 0 Å². The summed E-state index contributed by atoms with van der Waals surface area (Å²) in [5, 5.41) is 6.01. The zero-order valence-electron chi connectivity index (χ0n) is 15.5. The zero-order valence-corrected chi connectivity index (χ0v) is 17.1. The SMILES string of the molecule is Cc1nc(CN2CCN(C(=O)Nc3ccccc3CS(C)(=O)=O)CC2)cs1. The molecule has 1 saturated heterocycles. The number of hydrogen-bond donors (Lipinski definition) is 1. The van der Waals surface area contributed by atoms with Crippen LogP contribution in [-0.2, 0) is 22.1 Å². The number of nitrogens with one attached hydrogen (secondary N) is 1. The fraction of sp³-hybridized carbons (Fsp3) is 0.444. The van der Waals surface area contributed by atoms with Crippen LogP contribution in [0.3, 0.4) is 0 Å². The number of hydrogen-bond acceptors (Lipinski definition) is 6. The second-order valence-electron chi connectivity index (χ2n) is 6.78. The normalized spacial score (nSPS) is 15.7. The molecule has 2 aromatic rings. The molecule has 1 aliphatic heterocycles. The highest BCUT2D eigenvalue weighted by molar-refractivity contribution is 7.89. The number of sulfone groups is 1. The van der Waals surface area contributed by atoms with Gasteiger partial charge in [0, 0.05) is 50.0 Å². The number of aromatic nitrogens is 1. The minimum atomic E-state index is -3.17. The van der Waals surface area contributed by atoms with Crippen molar-refractivity contribution in [2.45, 2.75) is 19.2 Å². The minimum absolute atomic E-state index is 0.0930. The van der Waals surface area contributed by atoms with Crippen LogP contribution in [0.4, 0.5) is 10.5 Å². The van der Waals surface area contributed by atoms with E-state index in [0.29, 0.717) is 24.3 Å². The first kappa shape index (κ1) is 19.8. The molecule has 0 aliphatic carbocycles. The van der Waals surface area contributed by atoms with E-state index in [1.165, 1.54) is 6.26 Å². The highest BCUT2D eigenvalue weighted by atomic mass is 32.2. The summed E-state index contributed by atoms with van der Waals surface area (Å²) < 4.78 is 23.2. The third-order valence-corrected chi connectivity index (χ3v) is 6.05. The smallest absolute Gasteiger partial charge is 0.321 e. The molecule has 9 heteroatoms. The highest BCUT2D eigenvalue weighted by Gasteiger charge is 2.22. The van der Waals surface area contributed by atoms with E-state index in [1.54, 1.807) is 40.5 Å². The summed E-state index contributed by atoms with van der Waals surface area (Å²) in [5.41, 5.74) is 2.23.